The number of fused-ring (bicyclic) bond motifs is 2. The molecule has 0 atom stereocenters. The van der Waals surface area contributed by atoms with Crippen LogP contribution in [0.5, 0.6) is 0 Å². The van der Waals surface area contributed by atoms with E-state index in [1.807, 2.05) is 16.8 Å². The molecule has 3 aromatic rings. The van der Waals surface area contributed by atoms with E-state index in [9.17, 15) is 0 Å². The molecule has 1 aliphatic heterocycles. The lowest BCUT2D eigenvalue weighted by Crippen LogP contribution is -2.47. The van der Waals surface area contributed by atoms with Gasteiger partial charge in [0.15, 0.2) is 5.65 Å². The average molecular weight is 321 g/mol. The van der Waals surface area contributed by atoms with Gasteiger partial charge in [-0.25, -0.2) is 19.5 Å². The van der Waals surface area contributed by atoms with Gasteiger partial charge in [-0.3, -0.25) is 0 Å². The number of hydrogen-bond acceptors (Lipinski definition) is 6. The predicted molar refractivity (Wildman–Crippen MR) is 91.5 cm³/mol. The van der Waals surface area contributed by atoms with E-state index in [0.29, 0.717) is 0 Å². The molecule has 3 aromatic heterocycles. The van der Waals surface area contributed by atoms with Crippen LogP contribution >= 0.6 is 0 Å². The highest BCUT2D eigenvalue weighted by Gasteiger charge is 2.24. The van der Waals surface area contributed by atoms with Gasteiger partial charge in [0.1, 0.15) is 18.0 Å². The zero-order chi connectivity index (χ0) is 15.9. The van der Waals surface area contributed by atoms with Crippen molar-refractivity contribution < 1.29 is 0 Å². The van der Waals surface area contributed by atoms with Gasteiger partial charge in [-0.2, -0.15) is 0 Å². The van der Waals surface area contributed by atoms with Crippen molar-refractivity contribution in [3.05, 3.63) is 42.1 Å². The second-order valence-corrected chi connectivity index (χ2v) is 6.37. The van der Waals surface area contributed by atoms with E-state index in [-0.39, 0.29) is 0 Å². The Balaban J connectivity index is 1.35. The number of imidazole rings is 1. The summed E-state index contributed by atoms with van der Waals surface area (Å²) in [6.45, 7) is 3.83. The molecule has 0 unspecified atom stereocenters. The highest BCUT2D eigenvalue weighted by Crippen LogP contribution is 2.28. The predicted octanol–water partition coefficient (Wildman–Crippen LogP) is 1.33. The number of aryl methyl sites for hydroxylation is 1. The summed E-state index contributed by atoms with van der Waals surface area (Å²) in [6.07, 6.45) is 8.81. The number of rotatable bonds is 2. The highest BCUT2D eigenvalue weighted by molar-refractivity contribution is 5.53. The molecule has 0 aromatic carbocycles. The molecule has 0 saturated carbocycles. The minimum atomic E-state index is 0.883. The molecule has 7 heteroatoms. The van der Waals surface area contributed by atoms with Crippen molar-refractivity contribution in [3.63, 3.8) is 0 Å². The molecule has 5 rings (SSSR count). The van der Waals surface area contributed by atoms with Gasteiger partial charge in [0, 0.05) is 49.8 Å². The zero-order valence-corrected chi connectivity index (χ0v) is 13.5. The van der Waals surface area contributed by atoms with Gasteiger partial charge < -0.3 is 9.80 Å². The van der Waals surface area contributed by atoms with Crippen LogP contribution in [-0.4, -0.2) is 50.7 Å². The number of piperazine rings is 1. The molecule has 1 fully saturated rings. The zero-order valence-electron chi connectivity index (χ0n) is 13.5. The Morgan fingerprint density at radius 1 is 0.875 bits per heavy atom. The Hall–Kier alpha value is -2.70. The number of hydrogen-bond donors (Lipinski definition) is 0. The summed E-state index contributed by atoms with van der Waals surface area (Å²) in [5.41, 5.74) is 3.49. The standard InChI is InChI=1S/C17H19N7/c1-2-13-14(3-1)19-12-20-17(13)23-10-8-22(9-11-23)16-5-4-15-18-6-7-24(15)21-16/h4-7,12H,1-3,8-11H2. The third-order valence-electron chi connectivity index (χ3n) is 5.00. The summed E-state index contributed by atoms with van der Waals surface area (Å²) in [6, 6.07) is 4.08. The van der Waals surface area contributed by atoms with Crippen LogP contribution in [-0.2, 0) is 12.8 Å². The maximum absolute atomic E-state index is 4.65. The summed E-state index contributed by atoms with van der Waals surface area (Å²) in [5.74, 6) is 2.16. The molecule has 1 aliphatic carbocycles. The Bertz CT molecular complexity index is 880. The normalized spacial score (nSPS) is 17.5. The van der Waals surface area contributed by atoms with Gasteiger partial charge >= 0.3 is 0 Å². The summed E-state index contributed by atoms with van der Waals surface area (Å²) in [5, 5.41) is 4.65. The van der Waals surface area contributed by atoms with Crippen molar-refractivity contribution in [2.45, 2.75) is 19.3 Å². The van der Waals surface area contributed by atoms with E-state index >= 15 is 0 Å². The number of anilines is 2. The Morgan fingerprint density at radius 3 is 2.67 bits per heavy atom. The molecular weight excluding hydrogens is 302 g/mol. The highest BCUT2D eigenvalue weighted by atomic mass is 15.4. The molecule has 4 heterocycles. The van der Waals surface area contributed by atoms with Crippen molar-refractivity contribution in [1.82, 2.24) is 24.6 Å². The van der Waals surface area contributed by atoms with Crippen molar-refractivity contribution in [2.75, 3.05) is 36.0 Å². The van der Waals surface area contributed by atoms with Crippen LogP contribution in [0.3, 0.4) is 0 Å². The Kier molecular flexibility index (Phi) is 3.11. The molecule has 7 nitrogen and oxygen atoms in total. The third kappa shape index (κ3) is 2.19. The van der Waals surface area contributed by atoms with E-state index in [4.69, 9.17) is 0 Å². The molecule has 0 amide bonds. The van der Waals surface area contributed by atoms with Crippen molar-refractivity contribution in [3.8, 4) is 0 Å². The van der Waals surface area contributed by atoms with Gasteiger partial charge in [-0.15, -0.1) is 5.10 Å². The van der Waals surface area contributed by atoms with Crippen LogP contribution in [0.1, 0.15) is 17.7 Å². The fraction of sp³-hybridized carbons (Fsp3) is 0.412. The minimum absolute atomic E-state index is 0.883. The number of aromatic nitrogens is 5. The quantitative estimate of drug-likeness (QED) is 0.710. The van der Waals surface area contributed by atoms with Gasteiger partial charge in [-0.1, -0.05) is 0 Å². The fourth-order valence-corrected chi connectivity index (χ4v) is 3.74. The van der Waals surface area contributed by atoms with Crippen LogP contribution < -0.4 is 9.80 Å². The summed E-state index contributed by atoms with van der Waals surface area (Å²) in [4.78, 5) is 18.0. The van der Waals surface area contributed by atoms with Crippen molar-refractivity contribution in [1.29, 1.82) is 0 Å². The molecule has 0 spiro atoms. The monoisotopic (exact) mass is 321 g/mol. The van der Waals surface area contributed by atoms with E-state index in [1.54, 1.807) is 12.5 Å². The van der Waals surface area contributed by atoms with Gasteiger partial charge in [0.2, 0.25) is 0 Å². The van der Waals surface area contributed by atoms with E-state index < -0.39 is 0 Å². The van der Waals surface area contributed by atoms with Gasteiger partial charge in [-0.05, 0) is 31.4 Å². The summed E-state index contributed by atoms with van der Waals surface area (Å²) >= 11 is 0. The first kappa shape index (κ1) is 13.7. The molecule has 0 bridgehead atoms. The Labute approximate surface area is 140 Å². The molecule has 0 radical (unpaired) electrons. The lowest BCUT2D eigenvalue weighted by Gasteiger charge is -2.36. The largest absolute Gasteiger partial charge is 0.353 e. The van der Waals surface area contributed by atoms with E-state index in [0.717, 1.165) is 56.3 Å². The maximum Gasteiger partial charge on any atom is 0.153 e. The Morgan fingerprint density at radius 2 is 1.75 bits per heavy atom. The third-order valence-corrected chi connectivity index (χ3v) is 5.00. The van der Waals surface area contributed by atoms with E-state index in [2.05, 4.69) is 35.9 Å². The van der Waals surface area contributed by atoms with E-state index in [1.165, 1.54) is 17.7 Å². The molecular formula is C17H19N7. The summed E-state index contributed by atoms with van der Waals surface area (Å²) in [7, 11) is 0. The number of nitrogens with zero attached hydrogens (tertiary/aromatic N) is 7. The molecule has 1 saturated heterocycles. The topological polar surface area (TPSA) is 62.5 Å². The average Bonchev–Trinajstić information content (AvgIpc) is 3.30. The van der Waals surface area contributed by atoms with Gasteiger partial charge in [0.05, 0.1) is 0 Å². The van der Waals surface area contributed by atoms with Crippen LogP contribution in [0.15, 0.2) is 30.9 Å². The van der Waals surface area contributed by atoms with Crippen LogP contribution in [0.4, 0.5) is 11.6 Å². The van der Waals surface area contributed by atoms with Crippen molar-refractivity contribution in [2.24, 2.45) is 0 Å². The molecule has 24 heavy (non-hydrogen) atoms. The SMILES string of the molecule is c1nc2c(c(N3CCN(c4ccc5nccn5n4)CC3)n1)CCC2. The first-order chi connectivity index (χ1) is 11.9. The smallest absolute Gasteiger partial charge is 0.153 e. The maximum atomic E-state index is 4.65. The second kappa shape index (κ2) is 5.43. The first-order valence-electron chi connectivity index (χ1n) is 8.51. The lowest BCUT2D eigenvalue weighted by molar-refractivity contribution is 0.633. The molecule has 0 N–H and O–H groups in total. The fourth-order valence-electron chi connectivity index (χ4n) is 3.74. The van der Waals surface area contributed by atoms with Crippen LogP contribution in [0, 0.1) is 0 Å². The van der Waals surface area contributed by atoms with Crippen molar-refractivity contribution >= 4 is 17.3 Å². The summed E-state index contributed by atoms with van der Waals surface area (Å²) < 4.78 is 1.83. The second-order valence-electron chi connectivity index (χ2n) is 6.37. The minimum Gasteiger partial charge on any atom is -0.353 e. The van der Waals surface area contributed by atoms with Crippen LogP contribution in [0.25, 0.3) is 5.65 Å². The molecule has 2 aliphatic rings. The van der Waals surface area contributed by atoms with Gasteiger partial charge in [0.25, 0.3) is 0 Å². The first-order valence-corrected chi connectivity index (χ1v) is 8.51. The van der Waals surface area contributed by atoms with Crippen LogP contribution in [0.2, 0.25) is 0 Å². The molecule has 122 valence electrons. The lowest BCUT2D eigenvalue weighted by atomic mass is 10.2.